The van der Waals surface area contributed by atoms with E-state index in [1.54, 1.807) is 0 Å². The average Bonchev–Trinajstić information content (AvgIpc) is 2.74. The standard InChI is InChI=1S/C24H36O4/c1-21-10-6-15(26)14-23(21,27)12-7-17-18(21)8-11-22(2)20(17)16-4-5-19(16)24(22,28)9-3-13-25/h15-20,25-28H,4-8,10-14H2,1-2H3/t15-,16+,17+,18-,19-,20-,21+,22-,23+,24-/m0/s1. The van der Waals surface area contributed by atoms with Crippen LogP contribution in [0, 0.1) is 52.3 Å². The molecule has 4 nitrogen and oxygen atoms in total. The van der Waals surface area contributed by atoms with E-state index in [0.717, 1.165) is 44.9 Å². The van der Waals surface area contributed by atoms with Gasteiger partial charge in [-0.05, 0) is 80.5 Å². The van der Waals surface area contributed by atoms with Gasteiger partial charge in [0.2, 0.25) is 0 Å². The molecule has 156 valence electrons. The third-order valence-corrected chi connectivity index (χ3v) is 10.6. The first-order valence-corrected chi connectivity index (χ1v) is 11.4. The largest absolute Gasteiger partial charge is 0.393 e. The Hall–Kier alpha value is -0.600. The van der Waals surface area contributed by atoms with E-state index in [4.69, 9.17) is 0 Å². The quantitative estimate of drug-likeness (QED) is 0.481. The molecule has 28 heavy (non-hydrogen) atoms. The van der Waals surface area contributed by atoms with Crippen molar-refractivity contribution in [3.8, 4) is 11.8 Å². The summed E-state index contributed by atoms with van der Waals surface area (Å²) in [6, 6.07) is 0. The van der Waals surface area contributed by atoms with Gasteiger partial charge in [0, 0.05) is 17.8 Å². The second-order valence-corrected chi connectivity index (χ2v) is 11.2. The molecule has 0 bridgehead atoms. The van der Waals surface area contributed by atoms with Gasteiger partial charge in [0.05, 0.1) is 11.7 Å². The maximum absolute atomic E-state index is 11.8. The van der Waals surface area contributed by atoms with Crippen molar-refractivity contribution in [1.29, 1.82) is 0 Å². The van der Waals surface area contributed by atoms with Crippen molar-refractivity contribution >= 4 is 0 Å². The van der Waals surface area contributed by atoms with Crippen LogP contribution in [0.5, 0.6) is 0 Å². The molecule has 4 heteroatoms. The van der Waals surface area contributed by atoms with Crippen molar-refractivity contribution in [3.05, 3.63) is 0 Å². The van der Waals surface area contributed by atoms with E-state index in [9.17, 15) is 20.4 Å². The van der Waals surface area contributed by atoms with E-state index in [-0.39, 0.29) is 29.5 Å². The zero-order chi connectivity index (χ0) is 19.9. The maximum Gasteiger partial charge on any atom is 0.134 e. The molecule has 5 fully saturated rings. The fourth-order valence-corrected chi connectivity index (χ4v) is 9.02. The molecular weight excluding hydrogens is 352 g/mol. The molecule has 0 aromatic heterocycles. The Bertz CT molecular complexity index is 726. The molecule has 0 unspecified atom stereocenters. The topological polar surface area (TPSA) is 80.9 Å². The van der Waals surface area contributed by atoms with Crippen molar-refractivity contribution in [1.82, 2.24) is 0 Å². The van der Waals surface area contributed by atoms with E-state index in [0.29, 0.717) is 30.1 Å². The Kier molecular flexibility index (Phi) is 4.13. The molecule has 0 aliphatic heterocycles. The minimum atomic E-state index is -0.980. The van der Waals surface area contributed by atoms with Crippen LogP contribution in [0.25, 0.3) is 0 Å². The predicted octanol–water partition coefficient (Wildman–Crippen LogP) is 2.48. The number of aliphatic hydroxyl groups excluding tert-OH is 2. The number of hydrogen-bond donors (Lipinski definition) is 4. The van der Waals surface area contributed by atoms with Crippen LogP contribution >= 0.6 is 0 Å². The van der Waals surface area contributed by atoms with Gasteiger partial charge >= 0.3 is 0 Å². The van der Waals surface area contributed by atoms with Gasteiger partial charge in [-0.2, -0.15) is 0 Å². The van der Waals surface area contributed by atoms with Gasteiger partial charge in [0.1, 0.15) is 12.2 Å². The van der Waals surface area contributed by atoms with Crippen molar-refractivity contribution < 1.29 is 20.4 Å². The highest BCUT2D eigenvalue weighted by atomic mass is 16.3. The first-order valence-electron chi connectivity index (χ1n) is 11.4. The highest BCUT2D eigenvalue weighted by Gasteiger charge is 2.74. The van der Waals surface area contributed by atoms with E-state index in [1.165, 1.54) is 6.42 Å². The minimum Gasteiger partial charge on any atom is -0.393 e. The lowest BCUT2D eigenvalue weighted by molar-refractivity contribution is -0.225. The van der Waals surface area contributed by atoms with Crippen molar-refractivity contribution in [3.63, 3.8) is 0 Å². The molecule has 0 heterocycles. The third-order valence-electron chi connectivity index (χ3n) is 10.6. The zero-order valence-electron chi connectivity index (χ0n) is 17.3. The molecule has 0 radical (unpaired) electrons. The maximum atomic E-state index is 11.8. The Morgan fingerprint density at radius 3 is 2.25 bits per heavy atom. The van der Waals surface area contributed by atoms with Crippen LogP contribution < -0.4 is 0 Å². The molecule has 0 amide bonds. The van der Waals surface area contributed by atoms with Crippen LogP contribution in [-0.2, 0) is 0 Å². The predicted molar refractivity (Wildman–Crippen MR) is 106 cm³/mol. The second-order valence-electron chi connectivity index (χ2n) is 11.2. The fraction of sp³-hybridized carbons (Fsp3) is 0.917. The summed E-state index contributed by atoms with van der Waals surface area (Å²) in [7, 11) is 0. The van der Waals surface area contributed by atoms with Crippen molar-refractivity contribution in [2.45, 2.75) is 88.9 Å². The summed E-state index contributed by atoms with van der Waals surface area (Å²) in [6.45, 7) is 4.34. The molecule has 4 N–H and O–H groups in total. The molecule has 0 aromatic carbocycles. The number of fused-ring (bicyclic) bond motifs is 7. The number of rotatable bonds is 0. The molecular formula is C24H36O4. The average molecular weight is 389 g/mol. The van der Waals surface area contributed by atoms with Crippen LogP contribution in [0.4, 0.5) is 0 Å². The van der Waals surface area contributed by atoms with Gasteiger partial charge in [0.25, 0.3) is 0 Å². The Morgan fingerprint density at radius 1 is 0.857 bits per heavy atom. The molecule has 10 atom stereocenters. The normalized spacial score (nSPS) is 59.6. The Morgan fingerprint density at radius 2 is 1.57 bits per heavy atom. The summed E-state index contributed by atoms with van der Waals surface area (Å²) in [6.07, 6.45) is 7.79. The van der Waals surface area contributed by atoms with E-state index >= 15 is 0 Å². The second kappa shape index (κ2) is 5.97. The monoisotopic (exact) mass is 388 g/mol. The molecule has 5 aliphatic carbocycles. The van der Waals surface area contributed by atoms with Gasteiger partial charge in [-0.15, -0.1) is 0 Å². The summed E-state index contributed by atoms with van der Waals surface area (Å²) in [5.74, 6) is 8.13. The molecule has 0 saturated heterocycles. The summed E-state index contributed by atoms with van der Waals surface area (Å²) in [5.41, 5.74) is -2.08. The lowest BCUT2D eigenvalue weighted by Gasteiger charge is -2.64. The summed E-state index contributed by atoms with van der Waals surface area (Å²) in [5, 5.41) is 42.8. The number of hydrogen-bond acceptors (Lipinski definition) is 4. The first kappa shape index (κ1) is 19.4. The van der Waals surface area contributed by atoms with E-state index < -0.39 is 11.2 Å². The van der Waals surface area contributed by atoms with Gasteiger partial charge in [-0.1, -0.05) is 25.7 Å². The minimum absolute atomic E-state index is 0.132. The molecule has 5 saturated carbocycles. The van der Waals surface area contributed by atoms with Gasteiger partial charge in [-0.25, -0.2) is 0 Å². The summed E-state index contributed by atoms with van der Waals surface area (Å²) < 4.78 is 0. The van der Waals surface area contributed by atoms with Crippen LogP contribution in [0.3, 0.4) is 0 Å². The van der Waals surface area contributed by atoms with Crippen molar-refractivity contribution in [2.75, 3.05) is 6.61 Å². The van der Waals surface area contributed by atoms with Gasteiger partial charge in [-0.3, -0.25) is 0 Å². The van der Waals surface area contributed by atoms with E-state index in [1.807, 2.05) is 0 Å². The highest BCUT2D eigenvalue weighted by Crippen LogP contribution is 2.74. The smallest absolute Gasteiger partial charge is 0.134 e. The SMILES string of the molecule is C[C@]12CC[C@H]3[C@@H](CC[C@@]4(O)C[C@@H](O)CC[C@]34C)[C@@H]1[C@@H]1CC[C@@H]1[C@@]2(O)C#CCO. The first-order chi connectivity index (χ1) is 13.2. The third kappa shape index (κ3) is 2.12. The van der Waals surface area contributed by atoms with Crippen LogP contribution in [0.1, 0.15) is 71.6 Å². The van der Waals surface area contributed by atoms with Crippen LogP contribution in [-0.4, -0.2) is 44.3 Å². The molecule has 5 rings (SSSR count). The summed E-state index contributed by atoms with van der Waals surface area (Å²) >= 11 is 0. The Balaban J connectivity index is 1.53. The van der Waals surface area contributed by atoms with Crippen molar-refractivity contribution in [2.24, 2.45) is 40.4 Å². The van der Waals surface area contributed by atoms with Crippen LogP contribution in [0.2, 0.25) is 0 Å². The summed E-state index contributed by atoms with van der Waals surface area (Å²) in [4.78, 5) is 0. The van der Waals surface area contributed by atoms with Gasteiger partial charge in [0.15, 0.2) is 0 Å². The van der Waals surface area contributed by atoms with Crippen LogP contribution in [0.15, 0.2) is 0 Å². The molecule has 5 aliphatic rings. The molecule has 0 aromatic rings. The number of aliphatic hydroxyl groups is 4. The highest BCUT2D eigenvalue weighted by molar-refractivity contribution is 5.32. The van der Waals surface area contributed by atoms with Gasteiger partial charge < -0.3 is 20.4 Å². The lowest BCUT2D eigenvalue weighted by atomic mass is 9.42. The Labute approximate surface area is 168 Å². The van der Waals surface area contributed by atoms with E-state index in [2.05, 4.69) is 25.7 Å². The molecule has 0 spiro atoms. The fourth-order valence-electron chi connectivity index (χ4n) is 9.02. The lowest BCUT2D eigenvalue weighted by Crippen LogP contribution is -2.64. The zero-order valence-corrected chi connectivity index (χ0v) is 17.3.